The van der Waals surface area contributed by atoms with Gasteiger partial charge < -0.3 is 0 Å². The molecule has 0 amide bonds. The Morgan fingerprint density at radius 2 is 1.48 bits per heavy atom. The third-order valence-corrected chi connectivity index (χ3v) is 8.81. The van der Waals surface area contributed by atoms with E-state index in [9.17, 15) is 0 Å². The first-order valence-corrected chi connectivity index (χ1v) is 11.0. The summed E-state index contributed by atoms with van der Waals surface area (Å²) in [5.74, 6) is 3.48. The third-order valence-electron chi connectivity index (χ3n) is 8.50. The van der Waals surface area contributed by atoms with E-state index in [2.05, 4.69) is 54.6 Å². The quantitative estimate of drug-likeness (QED) is 0.392. The molecule has 3 aromatic rings. The van der Waals surface area contributed by atoms with Gasteiger partial charge in [-0.1, -0.05) is 60.1 Å². The summed E-state index contributed by atoms with van der Waals surface area (Å²) in [6, 6.07) is 20.4. The molecule has 134 valence electrons. The van der Waals surface area contributed by atoms with Crippen molar-refractivity contribution in [3.63, 3.8) is 0 Å². The molecule has 0 aromatic heterocycles. The van der Waals surface area contributed by atoms with Crippen LogP contribution in [0.25, 0.3) is 21.9 Å². The number of hydrogen-bond acceptors (Lipinski definition) is 0. The van der Waals surface area contributed by atoms with Crippen molar-refractivity contribution in [1.82, 2.24) is 0 Å². The molecule has 0 unspecified atom stereocenters. The van der Waals surface area contributed by atoms with Crippen LogP contribution in [-0.2, 0) is 5.41 Å². The predicted octanol–water partition coefficient (Wildman–Crippen LogP) is 7.22. The number of benzene rings is 3. The minimum Gasteiger partial charge on any atom is -0.0840 e. The summed E-state index contributed by atoms with van der Waals surface area (Å²) in [5.41, 5.74) is 6.14. The molecule has 3 aromatic carbocycles. The van der Waals surface area contributed by atoms with Gasteiger partial charge in [-0.15, -0.1) is 0 Å². The molecule has 0 aliphatic heterocycles. The topological polar surface area (TPSA) is 0 Å². The second-order valence-corrected chi connectivity index (χ2v) is 9.95. The van der Waals surface area contributed by atoms with Gasteiger partial charge in [-0.05, 0) is 94.9 Å². The first-order chi connectivity index (χ1) is 13.3. The van der Waals surface area contributed by atoms with Gasteiger partial charge in [-0.2, -0.15) is 0 Å². The molecule has 1 spiro atoms. The van der Waals surface area contributed by atoms with Gasteiger partial charge in [0.2, 0.25) is 0 Å². The summed E-state index contributed by atoms with van der Waals surface area (Å²) in [4.78, 5) is 0. The van der Waals surface area contributed by atoms with Crippen molar-refractivity contribution in [3.05, 3.63) is 70.7 Å². The molecule has 27 heavy (non-hydrogen) atoms. The maximum atomic E-state index is 6.99. The average molecular weight is 371 g/mol. The lowest BCUT2D eigenvalue weighted by Crippen LogP contribution is -2.55. The van der Waals surface area contributed by atoms with Crippen LogP contribution in [0.1, 0.15) is 43.2 Å². The summed E-state index contributed by atoms with van der Waals surface area (Å²) < 4.78 is 0. The zero-order chi connectivity index (χ0) is 17.8. The fourth-order valence-electron chi connectivity index (χ4n) is 7.97. The minimum atomic E-state index is 0.167. The largest absolute Gasteiger partial charge is 0.0840 e. The molecule has 0 saturated heterocycles. The lowest BCUT2D eigenvalue weighted by Gasteiger charge is -2.61. The van der Waals surface area contributed by atoms with E-state index in [4.69, 9.17) is 11.6 Å². The summed E-state index contributed by atoms with van der Waals surface area (Å²) in [6.45, 7) is 0. The van der Waals surface area contributed by atoms with E-state index in [1.165, 1.54) is 59.6 Å². The van der Waals surface area contributed by atoms with Gasteiger partial charge in [0.15, 0.2) is 0 Å². The molecule has 5 aliphatic carbocycles. The summed E-state index contributed by atoms with van der Waals surface area (Å²) >= 11 is 6.99. The van der Waals surface area contributed by atoms with Gasteiger partial charge in [-0.25, -0.2) is 0 Å². The molecule has 0 N–H and O–H groups in total. The molecule has 0 nitrogen and oxygen atoms in total. The zero-order valence-corrected chi connectivity index (χ0v) is 16.2. The van der Waals surface area contributed by atoms with Crippen molar-refractivity contribution in [2.24, 2.45) is 23.7 Å². The predicted molar refractivity (Wildman–Crippen MR) is 112 cm³/mol. The summed E-state index contributed by atoms with van der Waals surface area (Å²) in [6.07, 6.45) is 7.12. The molecular weight excluding hydrogens is 348 g/mol. The Morgan fingerprint density at radius 3 is 2.26 bits per heavy atom. The van der Waals surface area contributed by atoms with Crippen molar-refractivity contribution in [3.8, 4) is 11.1 Å². The van der Waals surface area contributed by atoms with E-state index in [1.807, 2.05) is 0 Å². The Hall–Kier alpha value is -1.79. The number of rotatable bonds is 0. The van der Waals surface area contributed by atoms with E-state index >= 15 is 0 Å². The highest BCUT2D eigenvalue weighted by Gasteiger charge is 2.62. The maximum Gasteiger partial charge on any atom is 0.0453 e. The van der Waals surface area contributed by atoms with Crippen molar-refractivity contribution >= 4 is 22.4 Å². The zero-order valence-electron chi connectivity index (χ0n) is 15.4. The Balaban J connectivity index is 1.63. The standard InChI is InChI=1S/C26H23Cl/c27-23-7-3-6-21-24-20-5-2-1-4-17(20)8-9-22(24)26(25(21)23)18-11-15-10-16(13-18)14-19(26)12-15/h1-9,15-16,18-19H,10-14H2. The van der Waals surface area contributed by atoms with Crippen LogP contribution in [0.15, 0.2) is 54.6 Å². The van der Waals surface area contributed by atoms with Gasteiger partial charge in [0.1, 0.15) is 0 Å². The van der Waals surface area contributed by atoms with Gasteiger partial charge in [-0.3, -0.25) is 0 Å². The number of fused-ring (bicyclic) bond motifs is 5. The van der Waals surface area contributed by atoms with Crippen molar-refractivity contribution in [1.29, 1.82) is 0 Å². The Labute approximate surface area is 165 Å². The minimum absolute atomic E-state index is 0.167. The summed E-state index contributed by atoms with van der Waals surface area (Å²) in [5, 5.41) is 3.76. The third kappa shape index (κ3) is 1.68. The highest BCUT2D eigenvalue weighted by Crippen LogP contribution is 2.70. The molecule has 0 atom stereocenters. The van der Waals surface area contributed by atoms with Crippen LogP contribution in [0.3, 0.4) is 0 Å². The molecule has 4 fully saturated rings. The molecule has 0 radical (unpaired) electrons. The molecule has 5 aliphatic rings. The van der Waals surface area contributed by atoms with E-state index < -0.39 is 0 Å². The fourth-order valence-corrected chi connectivity index (χ4v) is 8.30. The van der Waals surface area contributed by atoms with Crippen LogP contribution in [0.2, 0.25) is 5.02 Å². The van der Waals surface area contributed by atoms with Crippen LogP contribution in [0, 0.1) is 23.7 Å². The second kappa shape index (κ2) is 4.97. The molecular formula is C26H23Cl. The molecule has 8 rings (SSSR count). The highest BCUT2D eigenvalue weighted by molar-refractivity contribution is 6.32. The van der Waals surface area contributed by atoms with Gasteiger partial charge in [0, 0.05) is 10.4 Å². The number of hydrogen-bond donors (Lipinski definition) is 0. The van der Waals surface area contributed by atoms with Crippen molar-refractivity contribution in [2.45, 2.75) is 37.5 Å². The normalized spacial score (nSPS) is 35.0. The monoisotopic (exact) mass is 370 g/mol. The lowest BCUT2D eigenvalue weighted by atomic mass is 9.43. The Bertz CT molecular complexity index is 1080. The van der Waals surface area contributed by atoms with Crippen LogP contribution in [0.5, 0.6) is 0 Å². The number of halogens is 1. The van der Waals surface area contributed by atoms with E-state index in [1.54, 1.807) is 5.56 Å². The second-order valence-electron chi connectivity index (χ2n) is 9.55. The molecule has 4 saturated carbocycles. The lowest BCUT2D eigenvalue weighted by molar-refractivity contribution is -0.0398. The smallest absolute Gasteiger partial charge is 0.0453 e. The molecule has 4 bridgehead atoms. The van der Waals surface area contributed by atoms with Crippen molar-refractivity contribution < 1.29 is 0 Å². The highest BCUT2D eigenvalue weighted by atomic mass is 35.5. The molecule has 0 heterocycles. The van der Waals surface area contributed by atoms with E-state index in [0.29, 0.717) is 0 Å². The van der Waals surface area contributed by atoms with Crippen molar-refractivity contribution in [2.75, 3.05) is 0 Å². The van der Waals surface area contributed by atoms with Gasteiger partial charge in [0.25, 0.3) is 0 Å². The first-order valence-electron chi connectivity index (χ1n) is 10.6. The average Bonchev–Trinajstić information content (AvgIpc) is 2.98. The first kappa shape index (κ1) is 15.2. The Kier molecular flexibility index (Phi) is 2.79. The molecule has 1 heteroatoms. The van der Waals surface area contributed by atoms with Crippen LogP contribution in [-0.4, -0.2) is 0 Å². The van der Waals surface area contributed by atoms with Crippen LogP contribution in [0.4, 0.5) is 0 Å². The van der Waals surface area contributed by atoms with E-state index in [0.717, 1.165) is 28.7 Å². The van der Waals surface area contributed by atoms with E-state index in [-0.39, 0.29) is 5.41 Å². The maximum absolute atomic E-state index is 6.99. The Morgan fingerprint density at radius 1 is 0.741 bits per heavy atom. The fraction of sp³-hybridized carbons (Fsp3) is 0.385. The van der Waals surface area contributed by atoms with Gasteiger partial charge >= 0.3 is 0 Å². The SMILES string of the molecule is Clc1cccc2c1C1(c3ccc4ccccc4c3-2)C2CC3CC(C2)CC1C3. The van der Waals surface area contributed by atoms with Crippen LogP contribution < -0.4 is 0 Å². The van der Waals surface area contributed by atoms with Crippen LogP contribution >= 0.6 is 11.6 Å². The summed E-state index contributed by atoms with van der Waals surface area (Å²) in [7, 11) is 0. The van der Waals surface area contributed by atoms with Gasteiger partial charge in [0.05, 0.1) is 0 Å².